The van der Waals surface area contributed by atoms with Gasteiger partial charge < -0.3 is 5.11 Å². The summed E-state index contributed by atoms with van der Waals surface area (Å²) in [4.78, 5) is 12.8. The Labute approximate surface area is 37.1 Å². The highest BCUT2D eigenvalue weighted by Crippen LogP contribution is 1.69. The molecule has 0 heterocycles. The molecule has 36 valence electrons. The van der Waals surface area contributed by atoms with Crippen LogP contribution in [-0.2, 0) is 9.46 Å². The van der Waals surface area contributed by atoms with Crippen LogP contribution in [0.25, 0.3) is 0 Å². The summed E-state index contributed by atoms with van der Waals surface area (Å²) in [5.41, 5.74) is 0. The number of hydrogen-bond acceptors (Lipinski definition) is 3. The second kappa shape index (κ2) is 2.67. The van der Waals surface area contributed by atoms with Gasteiger partial charge in [-0.3, -0.25) is 4.89 Å². The van der Waals surface area contributed by atoms with Crippen molar-refractivity contribution in [3.8, 4) is 0 Å². The van der Waals surface area contributed by atoms with Crippen LogP contribution >= 0.6 is 0 Å². The average Bonchev–Trinajstić information content (AvgIpc) is 1.35. The third-order valence-corrected chi connectivity index (χ3v) is 0.321. The van der Waals surface area contributed by atoms with Gasteiger partial charge in [0.1, 0.15) is 0 Å². The van der Waals surface area contributed by atoms with Gasteiger partial charge in [0.15, 0.2) is 0 Å². The van der Waals surface area contributed by atoms with E-state index in [4.69, 9.17) is 5.11 Å². The lowest BCUT2D eigenvalue weighted by atomic mass is 11.5. The molecule has 0 amide bonds. The van der Waals surface area contributed by atoms with Crippen LogP contribution in [0.2, 0.25) is 0 Å². The highest BCUT2D eigenvalue weighted by Gasteiger charge is 1.88. The maximum absolute atomic E-state index is 9.27. The fourth-order valence-corrected chi connectivity index (χ4v) is 0.214. The lowest BCUT2D eigenvalue weighted by Gasteiger charge is -1.87. The predicted octanol–water partition coefficient (Wildman–Crippen LogP) is -1.11. The van der Waals surface area contributed by atoms with E-state index in [1.54, 1.807) is 0 Å². The smallest absolute Gasteiger partial charge is 0.448 e. The summed E-state index contributed by atoms with van der Waals surface area (Å²) in [5.74, 6) is 0. The van der Waals surface area contributed by atoms with Crippen molar-refractivity contribution in [2.45, 2.75) is 0 Å². The van der Waals surface area contributed by atoms with Crippen LogP contribution in [0.1, 0.15) is 0 Å². The molecule has 0 unspecified atom stereocenters. The molecule has 0 saturated carbocycles. The van der Waals surface area contributed by atoms with Gasteiger partial charge in [-0.2, -0.15) is 0 Å². The first-order valence-corrected chi connectivity index (χ1v) is 2.02. The molecule has 0 bridgehead atoms. The van der Waals surface area contributed by atoms with E-state index in [0.29, 0.717) is 0 Å². The molecular formula is CH4O4Si. The minimum atomic E-state index is -1.40. The van der Waals surface area contributed by atoms with E-state index in [9.17, 15) is 4.79 Å². The molecule has 6 heavy (non-hydrogen) atoms. The van der Waals surface area contributed by atoms with Crippen molar-refractivity contribution in [3.05, 3.63) is 0 Å². The Morgan fingerprint density at radius 1 is 1.83 bits per heavy atom. The van der Waals surface area contributed by atoms with Crippen LogP contribution in [-0.4, -0.2) is 21.7 Å². The van der Waals surface area contributed by atoms with E-state index in [0.717, 1.165) is 0 Å². The number of rotatable bonds is 1. The molecule has 0 rings (SSSR count). The van der Waals surface area contributed by atoms with Gasteiger partial charge >= 0.3 is 6.16 Å². The summed E-state index contributed by atoms with van der Waals surface area (Å²) < 4.78 is 3.84. The monoisotopic (exact) mass is 108 g/mol. The van der Waals surface area contributed by atoms with Gasteiger partial charge in [0.05, 0.1) is 0 Å². The first-order chi connectivity index (χ1) is 2.77. The molecule has 0 spiro atoms. The second-order valence-electron chi connectivity index (χ2n) is 0.516. The van der Waals surface area contributed by atoms with E-state index in [-0.39, 0.29) is 10.5 Å². The van der Waals surface area contributed by atoms with Crippen molar-refractivity contribution in [1.29, 1.82) is 0 Å². The molecule has 0 aromatic rings. The standard InChI is InChI=1S/CH4O4Si/c2-1(3)4-5-6/h6H3,(H,2,3). The molecule has 0 saturated heterocycles. The Hall–Kier alpha value is -0.553. The molecule has 4 nitrogen and oxygen atoms in total. The molecule has 0 aliphatic carbocycles. The summed E-state index contributed by atoms with van der Waals surface area (Å²) in [5, 5.41) is 7.59. The van der Waals surface area contributed by atoms with E-state index < -0.39 is 6.16 Å². The van der Waals surface area contributed by atoms with Crippen molar-refractivity contribution in [1.82, 2.24) is 0 Å². The van der Waals surface area contributed by atoms with Gasteiger partial charge in [-0.25, -0.2) is 9.37 Å². The van der Waals surface area contributed by atoms with Crippen LogP contribution in [0.4, 0.5) is 4.79 Å². The van der Waals surface area contributed by atoms with Crippen LogP contribution in [0.15, 0.2) is 0 Å². The highest BCUT2D eigenvalue weighted by molar-refractivity contribution is 5.97. The van der Waals surface area contributed by atoms with Gasteiger partial charge in [-0.1, -0.05) is 0 Å². The normalized spacial score (nSPS) is 8.00. The fourth-order valence-electron chi connectivity index (χ4n) is 0.0713. The SMILES string of the molecule is O=C(O)OO[SiH3]. The lowest BCUT2D eigenvalue weighted by molar-refractivity contribution is -0.156. The zero-order chi connectivity index (χ0) is 4.99. The van der Waals surface area contributed by atoms with Crippen molar-refractivity contribution in [2.75, 3.05) is 0 Å². The quantitative estimate of drug-likeness (QED) is 0.263. The lowest BCUT2D eigenvalue weighted by Crippen LogP contribution is -1.97. The van der Waals surface area contributed by atoms with E-state index in [2.05, 4.69) is 9.46 Å². The largest absolute Gasteiger partial charge is 0.536 e. The van der Waals surface area contributed by atoms with Gasteiger partial charge in [0.2, 0.25) is 10.5 Å². The minimum absolute atomic E-state index is 0.284. The Kier molecular flexibility index (Phi) is 2.43. The summed E-state index contributed by atoms with van der Waals surface area (Å²) in [7, 11) is 0.284. The molecule has 0 fully saturated rings. The molecule has 1 N–H and O–H groups in total. The molecule has 0 aromatic heterocycles. The molecular weight excluding hydrogens is 104 g/mol. The van der Waals surface area contributed by atoms with Crippen LogP contribution in [0.3, 0.4) is 0 Å². The summed E-state index contributed by atoms with van der Waals surface area (Å²) in [6, 6.07) is 0. The van der Waals surface area contributed by atoms with Crippen molar-refractivity contribution < 1.29 is 19.4 Å². The summed E-state index contributed by atoms with van der Waals surface area (Å²) in [6.45, 7) is 0. The third kappa shape index (κ3) is 3.45. The molecule has 0 aromatic carbocycles. The molecule has 5 heteroatoms. The molecule has 0 atom stereocenters. The Morgan fingerprint density at radius 2 is 2.33 bits per heavy atom. The maximum Gasteiger partial charge on any atom is 0.536 e. The van der Waals surface area contributed by atoms with Crippen LogP contribution in [0.5, 0.6) is 0 Å². The number of hydrogen-bond donors (Lipinski definition) is 1. The van der Waals surface area contributed by atoms with Gasteiger partial charge in [0.25, 0.3) is 0 Å². The summed E-state index contributed by atoms with van der Waals surface area (Å²) in [6.07, 6.45) is -1.40. The zero-order valence-corrected chi connectivity index (χ0v) is 5.17. The topological polar surface area (TPSA) is 55.8 Å². The number of carboxylic acid groups (broad SMARTS) is 1. The predicted molar refractivity (Wildman–Crippen MR) is 20.1 cm³/mol. The summed E-state index contributed by atoms with van der Waals surface area (Å²) >= 11 is 0. The Balaban J connectivity index is 2.83. The molecule has 0 aliphatic rings. The van der Waals surface area contributed by atoms with E-state index in [1.165, 1.54) is 0 Å². The van der Waals surface area contributed by atoms with E-state index >= 15 is 0 Å². The average molecular weight is 108 g/mol. The van der Waals surface area contributed by atoms with Gasteiger partial charge in [-0.15, -0.1) is 0 Å². The van der Waals surface area contributed by atoms with Crippen molar-refractivity contribution in [2.24, 2.45) is 0 Å². The maximum atomic E-state index is 9.27. The molecule has 0 aliphatic heterocycles. The highest BCUT2D eigenvalue weighted by atomic mass is 28.2. The fraction of sp³-hybridized carbons (Fsp3) is 0. The second-order valence-corrected chi connectivity index (χ2v) is 0.849. The Morgan fingerprint density at radius 3 is 2.33 bits per heavy atom. The minimum Gasteiger partial charge on any atom is -0.448 e. The zero-order valence-electron chi connectivity index (χ0n) is 3.17. The van der Waals surface area contributed by atoms with Crippen LogP contribution in [0, 0.1) is 0 Å². The first kappa shape index (κ1) is 5.45. The van der Waals surface area contributed by atoms with Gasteiger partial charge in [0, 0.05) is 0 Å². The van der Waals surface area contributed by atoms with E-state index in [1.807, 2.05) is 0 Å². The molecule has 0 radical (unpaired) electrons. The first-order valence-electron chi connectivity index (χ1n) is 1.21. The van der Waals surface area contributed by atoms with Gasteiger partial charge in [-0.05, 0) is 0 Å². The van der Waals surface area contributed by atoms with Crippen molar-refractivity contribution in [3.63, 3.8) is 0 Å². The van der Waals surface area contributed by atoms with Crippen LogP contribution < -0.4 is 0 Å². The Bertz CT molecular complexity index is 51.5. The third-order valence-electron chi connectivity index (χ3n) is 0.155. The van der Waals surface area contributed by atoms with Crippen molar-refractivity contribution >= 4 is 16.6 Å². The number of carbonyl (C=O) groups is 1.